The highest BCUT2D eigenvalue weighted by Crippen LogP contribution is 2.38. The number of ether oxygens (including phenoxy) is 2. The van der Waals surface area contributed by atoms with Crippen LogP contribution >= 0.6 is 22.9 Å². The van der Waals surface area contributed by atoms with Gasteiger partial charge in [0.25, 0.3) is 0 Å². The molecular formula is C26H20ClNO3S. The second kappa shape index (κ2) is 9.15. The first-order valence-corrected chi connectivity index (χ1v) is 11.7. The number of benzene rings is 2. The summed E-state index contributed by atoms with van der Waals surface area (Å²) in [4.78, 5) is 19.2. The number of hydrogen-bond acceptors (Lipinski definition) is 5. The lowest BCUT2D eigenvalue weighted by atomic mass is 10.0. The van der Waals surface area contributed by atoms with Crippen molar-refractivity contribution < 1.29 is 14.3 Å². The van der Waals surface area contributed by atoms with Crippen molar-refractivity contribution in [1.29, 1.82) is 0 Å². The highest BCUT2D eigenvalue weighted by Gasteiger charge is 2.27. The molecule has 0 saturated carbocycles. The topological polar surface area (TPSA) is 48.4 Å². The second-order valence-corrected chi connectivity index (χ2v) is 8.87. The molecule has 0 spiro atoms. The van der Waals surface area contributed by atoms with E-state index >= 15 is 0 Å². The van der Waals surface area contributed by atoms with Crippen molar-refractivity contribution in [2.75, 3.05) is 13.2 Å². The summed E-state index contributed by atoms with van der Waals surface area (Å²) in [6.07, 6.45) is 3.81. The maximum absolute atomic E-state index is 13.2. The molecule has 0 saturated heterocycles. The van der Waals surface area contributed by atoms with E-state index < -0.39 is 0 Å². The van der Waals surface area contributed by atoms with Crippen molar-refractivity contribution >= 4 is 51.5 Å². The Balaban J connectivity index is 1.39. The molecule has 4 aromatic rings. The number of halogens is 1. The van der Waals surface area contributed by atoms with Gasteiger partial charge in [-0.15, -0.1) is 11.3 Å². The number of esters is 1. The quantitative estimate of drug-likeness (QED) is 0.237. The van der Waals surface area contributed by atoms with Crippen LogP contribution in [0.5, 0.6) is 5.75 Å². The average molecular weight is 462 g/mol. The Morgan fingerprint density at radius 3 is 2.69 bits per heavy atom. The number of para-hydroxylation sites is 1. The molecule has 1 aliphatic carbocycles. The lowest BCUT2D eigenvalue weighted by Gasteiger charge is -2.13. The Hall–Kier alpha value is -3.15. The van der Waals surface area contributed by atoms with E-state index in [2.05, 4.69) is 17.5 Å². The summed E-state index contributed by atoms with van der Waals surface area (Å²) in [5.74, 6) is 0.348. The third-order valence-electron chi connectivity index (χ3n) is 5.40. The van der Waals surface area contributed by atoms with Crippen LogP contribution in [0.2, 0.25) is 5.02 Å². The van der Waals surface area contributed by atoms with Crippen LogP contribution in [0.3, 0.4) is 0 Å². The Bertz CT molecular complexity index is 1300. The van der Waals surface area contributed by atoms with Gasteiger partial charge in [-0.1, -0.05) is 35.9 Å². The SMILES string of the molecule is O=C(OCCOc1ccc(Cl)cc1)c1c2c(nc3ccccc13)C(=Cc1cccs1)CC2. The first-order valence-electron chi connectivity index (χ1n) is 10.4. The van der Waals surface area contributed by atoms with Crippen LogP contribution in [-0.2, 0) is 11.2 Å². The normalized spacial score (nSPS) is 14.0. The predicted molar refractivity (Wildman–Crippen MR) is 129 cm³/mol. The molecule has 0 fully saturated rings. The van der Waals surface area contributed by atoms with Crippen LogP contribution < -0.4 is 4.74 Å². The molecule has 0 radical (unpaired) electrons. The number of nitrogens with zero attached hydrogens (tertiary/aromatic N) is 1. The number of allylic oxidation sites excluding steroid dienone is 1. The zero-order valence-corrected chi connectivity index (χ0v) is 18.8. The molecule has 0 aliphatic heterocycles. The van der Waals surface area contributed by atoms with E-state index in [1.165, 1.54) is 4.88 Å². The molecule has 2 heterocycles. The number of rotatable bonds is 6. The number of carbonyl (C=O) groups excluding carboxylic acids is 1. The Kier molecular flexibility index (Phi) is 5.93. The van der Waals surface area contributed by atoms with Gasteiger partial charge < -0.3 is 9.47 Å². The minimum absolute atomic E-state index is 0.158. The van der Waals surface area contributed by atoms with Crippen LogP contribution in [-0.4, -0.2) is 24.2 Å². The van der Waals surface area contributed by atoms with Crippen molar-refractivity contribution in [3.8, 4) is 5.75 Å². The third kappa shape index (κ3) is 4.27. The summed E-state index contributed by atoms with van der Waals surface area (Å²) in [6.45, 7) is 0.423. The molecular weight excluding hydrogens is 442 g/mol. The van der Waals surface area contributed by atoms with Crippen LogP contribution in [0.1, 0.15) is 32.9 Å². The molecule has 0 bridgehead atoms. The summed E-state index contributed by atoms with van der Waals surface area (Å²) in [7, 11) is 0. The number of hydrogen-bond donors (Lipinski definition) is 0. The van der Waals surface area contributed by atoms with Crippen LogP contribution in [0.25, 0.3) is 22.6 Å². The van der Waals surface area contributed by atoms with Gasteiger partial charge in [-0.3, -0.25) is 0 Å². The van der Waals surface area contributed by atoms with E-state index in [-0.39, 0.29) is 19.2 Å². The number of pyridine rings is 1. The zero-order chi connectivity index (χ0) is 21.9. The van der Waals surface area contributed by atoms with Crippen LogP contribution in [0.4, 0.5) is 0 Å². The van der Waals surface area contributed by atoms with Crippen LogP contribution in [0.15, 0.2) is 66.0 Å². The van der Waals surface area contributed by atoms with Gasteiger partial charge in [-0.2, -0.15) is 0 Å². The van der Waals surface area contributed by atoms with Gasteiger partial charge in [0.1, 0.15) is 19.0 Å². The van der Waals surface area contributed by atoms with Gasteiger partial charge in [0.05, 0.1) is 16.8 Å². The smallest absolute Gasteiger partial charge is 0.339 e. The maximum atomic E-state index is 13.2. The molecule has 5 rings (SSSR count). The van der Waals surface area contributed by atoms with E-state index in [0.29, 0.717) is 16.3 Å². The fourth-order valence-corrected chi connectivity index (χ4v) is 4.76. The lowest BCUT2D eigenvalue weighted by molar-refractivity contribution is 0.0451. The molecule has 0 unspecified atom stereocenters. The van der Waals surface area contributed by atoms with Crippen molar-refractivity contribution in [1.82, 2.24) is 4.98 Å². The fourth-order valence-electron chi connectivity index (χ4n) is 3.95. The van der Waals surface area contributed by atoms with E-state index in [1.54, 1.807) is 35.6 Å². The number of fused-ring (bicyclic) bond motifs is 2. The van der Waals surface area contributed by atoms with Gasteiger partial charge in [-0.05, 0) is 71.8 Å². The number of thiophene rings is 1. The van der Waals surface area contributed by atoms with Crippen molar-refractivity contribution in [3.63, 3.8) is 0 Å². The Morgan fingerprint density at radius 2 is 1.88 bits per heavy atom. The lowest BCUT2D eigenvalue weighted by Crippen LogP contribution is -2.15. The molecule has 160 valence electrons. The summed E-state index contributed by atoms with van der Waals surface area (Å²) >= 11 is 7.59. The zero-order valence-electron chi connectivity index (χ0n) is 17.2. The van der Waals surface area contributed by atoms with Crippen LogP contribution in [0, 0.1) is 0 Å². The summed E-state index contributed by atoms with van der Waals surface area (Å²) in [5.41, 5.74) is 4.45. The molecule has 2 aromatic carbocycles. The minimum Gasteiger partial charge on any atom is -0.490 e. The first-order chi connectivity index (χ1) is 15.7. The fraction of sp³-hybridized carbons (Fsp3) is 0.154. The first kappa shape index (κ1) is 20.7. The molecule has 2 aromatic heterocycles. The van der Waals surface area contributed by atoms with E-state index in [1.807, 2.05) is 30.3 Å². The average Bonchev–Trinajstić information content (AvgIpc) is 3.47. The molecule has 0 amide bonds. The summed E-state index contributed by atoms with van der Waals surface area (Å²) < 4.78 is 11.3. The molecule has 4 nitrogen and oxygen atoms in total. The second-order valence-electron chi connectivity index (χ2n) is 7.45. The molecule has 32 heavy (non-hydrogen) atoms. The standard InChI is InChI=1S/C26H20ClNO3S/c27-18-8-10-19(11-9-18)30-13-14-31-26(29)24-21-5-1-2-6-23(21)28-25-17(7-12-22(24)25)16-20-4-3-15-32-20/h1-6,8-11,15-16H,7,12-14H2. The largest absolute Gasteiger partial charge is 0.490 e. The summed E-state index contributed by atoms with van der Waals surface area (Å²) in [6, 6.07) is 19.0. The highest BCUT2D eigenvalue weighted by atomic mass is 35.5. The molecule has 1 aliphatic rings. The number of aromatic nitrogens is 1. The van der Waals surface area contributed by atoms with Crippen molar-refractivity contribution in [2.45, 2.75) is 12.8 Å². The minimum atomic E-state index is -0.336. The van der Waals surface area contributed by atoms with E-state index in [9.17, 15) is 4.79 Å². The highest BCUT2D eigenvalue weighted by molar-refractivity contribution is 7.10. The Morgan fingerprint density at radius 1 is 1.03 bits per heavy atom. The van der Waals surface area contributed by atoms with Gasteiger partial charge in [0.15, 0.2) is 0 Å². The van der Waals surface area contributed by atoms with Crippen molar-refractivity contribution in [3.05, 3.63) is 92.8 Å². The van der Waals surface area contributed by atoms with E-state index in [0.717, 1.165) is 40.6 Å². The van der Waals surface area contributed by atoms with Crippen molar-refractivity contribution in [2.24, 2.45) is 0 Å². The summed E-state index contributed by atoms with van der Waals surface area (Å²) in [5, 5.41) is 3.53. The Labute approximate surface area is 195 Å². The van der Waals surface area contributed by atoms with Gasteiger partial charge in [0.2, 0.25) is 0 Å². The van der Waals surface area contributed by atoms with Gasteiger partial charge >= 0.3 is 5.97 Å². The van der Waals surface area contributed by atoms with Gasteiger partial charge in [0, 0.05) is 15.3 Å². The molecule has 0 atom stereocenters. The predicted octanol–water partition coefficient (Wildman–Crippen LogP) is 6.67. The third-order valence-corrected chi connectivity index (χ3v) is 6.48. The maximum Gasteiger partial charge on any atom is 0.339 e. The van der Waals surface area contributed by atoms with E-state index in [4.69, 9.17) is 26.1 Å². The monoisotopic (exact) mass is 461 g/mol. The number of carbonyl (C=O) groups is 1. The van der Waals surface area contributed by atoms with Gasteiger partial charge in [-0.25, -0.2) is 9.78 Å². The molecule has 0 N–H and O–H groups in total. The molecule has 6 heteroatoms.